The molecule has 2 aromatic carbocycles. The van der Waals surface area contributed by atoms with Gasteiger partial charge >= 0.3 is 0 Å². The normalized spacial score (nSPS) is 10.6. The van der Waals surface area contributed by atoms with E-state index < -0.39 is 0 Å². The van der Waals surface area contributed by atoms with Crippen molar-refractivity contribution in [2.75, 3.05) is 0 Å². The van der Waals surface area contributed by atoms with Crippen molar-refractivity contribution in [1.82, 2.24) is 0 Å². The number of fused-ring (bicyclic) bond motifs is 1. The number of benzene rings is 2. The zero-order valence-electron chi connectivity index (χ0n) is 6.70. The van der Waals surface area contributed by atoms with E-state index >= 15 is 0 Å². The fraction of sp³-hybridized carbons (Fsp3) is 0. The standard InChI is InChI=1S/C10H7IS2/c11-9-5-1-4-8-7(9)3-2-6-10(8)13-12/h1-6,12H. The van der Waals surface area contributed by atoms with Crippen LogP contribution in [0.1, 0.15) is 0 Å². The third-order valence-electron chi connectivity index (χ3n) is 1.93. The third-order valence-corrected chi connectivity index (χ3v) is 4.01. The van der Waals surface area contributed by atoms with E-state index in [-0.39, 0.29) is 0 Å². The third kappa shape index (κ3) is 1.82. The molecule has 0 fully saturated rings. The van der Waals surface area contributed by atoms with Gasteiger partial charge in [0.15, 0.2) is 0 Å². The van der Waals surface area contributed by atoms with Crippen molar-refractivity contribution in [3.05, 3.63) is 40.0 Å². The van der Waals surface area contributed by atoms with Crippen molar-refractivity contribution in [1.29, 1.82) is 0 Å². The second-order valence-corrected chi connectivity index (χ2v) is 5.01. The van der Waals surface area contributed by atoms with Crippen LogP contribution >= 0.6 is 45.0 Å². The Morgan fingerprint density at radius 1 is 1.00 bits per heavy atom. The SMILES string of the molecule is SSc1cccc2c(I)cccc12. The van der Waals surface area contributed by atoms with E-state index in [4.69, 9.17) is 0 Å². The van der Waals surface area contributed by atoms with Crippen LogP contribution in [0.4, 0.5) is 0 Å². The van der Waals surface area contributed by atoms with Crippen LogP contribution < -0.4 is 0 Å². The number of hydrogen-bond donors (Lipinski definition) is 1. The van der Waals surface area contributed by atoms with Gasteiger partial charge in [0.05, 0.1) is 0 Å². The summed E-state index contributed by atoms with van der Waals surface area (Å²) >= 11 is 6.59. The lowest BCUT2D eigenvalue weighted by Gasteiger charge is -2.03. The lowest BCUT2D eigenvalue weighted by molar-refractivity contribution is 1.55. The van der Waals surface area contributed by atoms with Crippen molar-refractivity contribution in [2.45, 2.75) is 4.90 Å². The summed E-state index contributed by atoms with van der Waals surface area (Å²) in [6.07, 6.45) is 0. The Balaban J connectivity index is 2.84. The molecule has 0 radical (unpaired) electrons. The van der Waals surface area contributed by atoms with Gasteiger partial charge in [-0.15, -0.1) is 11.7 Å². The summed E-state index contributed by atoms with van der Waals surface area (Å²) in [5.74, 6) is 0. The van der Waals surface area contributed by atoms with Gasteiger partial charge in [0.2, 0.25) is 0 Å². The van der Waals surface area contributed by atoms with Gasteiger partial charge in [0.1, 0.15) is 0 Å². The van der Waals surface area contributed by atoms with Gasteiger partial charge < -0.3 is 0 Å². The first-order valence-electron chi connectivity index (χ1n) is 3.81. The Labute approximate surface area is 100 Å². The minimum Gasteiger partial charge on any atom is -0.106 e. The molecular weight excluding hydrogens is 311 g/mol. The van der Waals surface area contributed by atoms with Crippen molar-refractivity contribution in [3.63, 3.8) is 0 Å². The molecule has 0 aliphatic rings. The molecule has 0 nitrogen and oxygen atoms in total. The van der Waals surface area contributed by atoms with Gasteiger partial charge in [-0.2, -0.15) is 0 Å². The molecule has 2 rings (SSSR count). The molecule has 0 saturated carbocycles. The fourth-order valence-corrected chi connectivity index (χ4v) is 2.89. The number of rotatable bonds is 1. The summed E-state index contributed by atoms with van der Waals surface area (Å²) in [7, 11) is 1.50. The highest BCUT2D eigenvalue weighted by molar-refractivity contribution is 14.1. The number of thiol groups is 1. The zero-order chi connectivity index (χ0) is 9.26. The first kappa shape index (κ1) is 9.68. The Bertz CT molecular complexity index is 440. The molecule has 2 aromatic rings. The van der Waals surface area contributed by atoms with Crippen molar-refractivity contribution >= 4 is 55.8 Å². The maximum atomic E-state index is 4.23. The van der Waals surface area contributed by atoms with Gasteiger partial charge in [-0.25, -0.2) is 0 Å². The van der Waals surface area contributed by atoms with E-state index in [2.05, 4.69) is 70.6 Å². The summed E-state index contributed by atoms with van der Waals surface area (Å²) in [4.78, 5) is 1.22. The zero-order valence-corrected chi connectivity index (χ0v) is 10.6. The van der Waals surface area contributed by atoms with Crippen LogP contribution in [0, 0.1) is 3.57 Å². The number of hydrogen-bond acceptors (Lipinski definition) is 2. The Kier molecular flexibility index (Phi) is 3.06. The Morgan fingerprint density at radius 3 is 2.46 bits per heavy atom. The quantitative estimate of drug-likeness (QED) is 0.462. The summed E-state index contributed by atoms with van der Waals surface area (Å²) < 4.78 is 1.29. The van der Waals surface area contributed by atoms with E-state index in [0.717, 1.165) is 0 Å². The van der Waals surface area contributed by atoms with Crippen LogP contribution in [0.3, 0.4) is 0 Å². The first-order valence-corrected chi connectivity index (χ1v) is 6.76. The molecule has 13 heavy (non-hydrogen) atoms. The molecule has 0 unspecified atom stereocenters. The molecule has 0 amide bonds. The fourth-order valence-electron chi connectivity index (χ4n) is 1.32. The maximum Gasteiger partial charge on any atom is 0.0259 e. The molecule has 0 spiro atoms. The average Bonchev–Trinajstić information content (AvgIpc) is 2.18. The highest BCUT2D eigenvalue weighted by Crippen LogP contribution is 2.31. The van der Waals surface area contributed by atoms with Crippen LogP contribution in [0.5, 0.6) is 0 Å². The van der Waals surface area contributed by atoms with E-state index in [1.807, 2.05) is 0 Å². The molecule has 0 atom stereocenters. The largest absolute Gasteiger partial charge is 0.106 e. The lowest BCUT2D eigenvalue weighted by atomic mass is 10.1. The summed E-state index contributed by atoms with van der Waals surface area (Å²) in [5.41, 5.74) is 0. The number of halogens is 1. The van der Waals surface area contributed by atoms with Crippen LogP contribution in [-0.4, -0.2) is 0 Å². The Morgan fingerprint density at radius 2 is 1.69 bits per heavy atom. The second kappa shape index (κ2) is 4.11. The summed E-state index contributed by atoms with van der Waals surface area (Å²) in [5, 5.41) is 2.59. The molecule has 0 aliphatic carbocycles. The van der Waals surface area contributed by atoms with Gasteiger partial charge in [-0.3, -0.25) is 0 Å². The van der Waals surface area contributed by atoms with Gasteiger partial charge in [-0.1, -0.05) is 35.1 Å². The molecular formula is C10H7IS2. The highest BCUT2D eigenvalue weighted by atomic mass is 127. The molecule has 66 valence electrons. The smallest absolute Gasteiger partial charge is 0.0259 e. The minimum absolute atomic E-state index is 1.22. The van der Waals surface area contributed by atoms with Crippen LogP contribution in [0.25, 0.3) is 10.8 Å². The molecule has 0 bridgehead atoms. The van der Waals surface area contributed by atoms with E-state index in [1.165, 1.54) is 30.0 Å². The van der Waals surface area contributed by atoms with Crippen molar-refractivity contribution in [3.8, 4) is 0 Å². The van der Waals surface area contributed by atoms with Crippen LogP contribution in [0.2, 0.25) is 0 Å². The monoisotopic (exact) mass is 318 g/mol. The van der Waals surface area contributed by atoms with Gasteiger partial charge in [0.25, 0.3) is 0 Å². The lowest BCUT2D eigenvalue weighted by Crippen LogP contribution is -1.78. The van der Waals surface area contributed by atoms with E-state index in [0.29, 0.717) is 0 Å². The van der Waals surface area contributed by atoms with Gasteiger partial charge in [0, 0.05) is 8.47 Å². The second-order valence-electron chi connectivity index (χ2n) is 2.68. The molecule has 3 heteroatoms. The topological polar surface area (TPSA) is 0 Å². The molecule has 0 aromatic heterocycles. The van der Waals surface area contributed by atoms with Crippen molar-refractivity contribution < 1.29 is 0 Å². The minimum atomic E-state index is 1.22. The van der Waals surface area contributed by atoms with Crippen LogP contribution in [-0.2, 0) is 0 Å². The predicted molar refractivity (Wildman–Crippen MR) is 71.5 cm³/mol. The average molecular weight is 318 g/mol. The molecule has 0 aliphatic heterocycles. The predicted octanol–water partition coefficient (Wildman–Crippen LogP) is 4.38. The molecule has 0 saturated heterocycles. The molecule has 0 heterocycles. The summed E-state index contributed by atoms with van der Waals surface area (Å²) in [6.45, 7) is 0. The van der Waals surface area contributed by atoms with Gasteiger partial charge in [-0.05, 0) is 45.5 Å². The first-order chi connectivity index (χ1) is 6.33. The maximum absolute atomic E-state index is 4.23. The van der Waals surface area contributed by atoms with E-state index in [9.17, 15) is 0 Å². The van der Waals surface area contributed by atoms with E-state index in [1.54, 1.807) is 0 Å². The molecule has 0 N–H and O–H groups in total. The van der Waals surface area contributed by atoms with Crippen LogP contribution in [0.15, 0.2) is 41.3 Å². The highest BCUT2D eigenvalue weighted by Gasteiger charge is 2.01. The van der Waals surface area contributed by atoms with Crippen molar-refractivity contribution in [2.24, 2.45) is 0 Å². The summed E-state index contributed by atoms with van der Waals surface area (Å²) in [6, 6.07) is 12.6. The Hall–Kier alpha value is 0.130.